The Hall–Kier alpha value is -2.73. The zero-order valence-electron chi connectivity index (χ0n) is 11.7. The monoisotopic (exact) mass is 295 g/mol. The van der Waals surface area contributed by atoms with Crippen molar-refractivity contribution in [3.8, 4) is 0 Å². The number of nitrogens with one attached hydrogen (secondary N) is 1. The van der Waals surface area contributed by atoms with Gasteiger partial charge in [0.15, 0.2) is 0 Å². The zero-order chi connectivity index (χ0) is 15.3. The van der Waals surface area contributed by atoms with Gasteiger partial charge in [-0.15, -0.1) is 0 Å². The van der Waals surface area contributed by atoms with E-state index in [1.165, 1.54) is 12.1 Å². The molecule has 6 heteroatoms. The van der Waals surface area contributed by atoms with Crippen LogP contribution in [-0.4, -0.2) is 28.8 Å². The Morgan fingerprint density at radius 2 is 1.95 bits per heavy atom. The first kappa shape index (κ1) is 13.0. The van der Waals surface area contributed by atoms with Crippen LogP contribution < -0.4 is 5.32 Å². The average Bonchev–Trinajstić information content (AvgIpc) is 3.08. The minimum Gasteiger partial charge on any atom is -0.311 e. The van der Waals surface area contributed by atoms with Crippen LogP contribution in [-0.2, 0) is 5.66 Å². The molecule has 2 aromatic carbocycles. The van der Waals surface area contributed by atoms with Gasteiger partial charge in [0.05, 0.1) is 4.92 Å². The fourth-order valence-corrected chi connectivity index (χ4v) is 3.48. The summed E-state index contributed by atoms with van der Waals surface area (Å²) in [4.78, 5) is 25.1. The lowest BCUT2D eigenvalue weighted by Crippen LogP contribution is -2.46. The molecule has 0 spiro atoms. The van der Waals surface area contributed by atoms with Crippen molar-refractivity contribution < 1.29 is 9.72 Å². The predicted molar refractivity (Wildman–Crippen MR) is 79.4 cm³/mol. The highest BCUT2D eigenvalue weighted by Gasteiger charge is 2.53. The molecule has 1 saturated heterocycles. The average molecular weight is 295 g/mol. The number of rotatable bonds is 2. The predicted octanol–water partition coefficient (Wildman–Crippen LogP) is 1.85. The molecule has 0 aliphatic carbocycles. The molecule has 4 rings (SSSR count). The maximum absolute atomic E-state index is 12.7. The van der Waals surface area contributed by atoms with Crippen molar-refractivity contribution in [2.45, 2.75) is 5.66 Å². The number of hydrogen-bond donors (Lipinski definition) is 1. The van der Waals surface area contributed by atoms with E-state index in [-0.39, 0.29) is 11.6 Å². The van der Waals surface area contributed by atoms with Gasteiger partial charge in [-0.05, 0) is 11.6 Å². The maximum Gasteiger partial charge on any atom is 0.269 e. The Morgan fingerprint density at radius 1 is 1.18 bits per heavy atom. The Bertz CT molecular complexity index is 790. The first-order valence-electron chi connectivity index (χ1n) is 7.06. The van der Waals surface area contributed by atoms with Gasteiger partial charge in [0, 0.05) is 36.3 Å². The number of nitro benzene ring substituents is 1. The highest BCUT2D eigenvalue weighted by Crippen LogP contribution is 2.45. The van der Waals surface area contributed by atoms with Crippen LogP contribution in [0.15, 0.2) is 48.5 Å². The van der Waals surface area contributed by atoms with E-state index in [1.807, 2.05) is 30.3 Å². The van der Waals surface area contributed by atoms with Crippen LogP contribution in [0.3, 0.4) is 0 Å². The lowest BCUT2D eigenvalue weighted by Gasteiger charge is -2.33. The van der Waals surface area contributed by atoms with E-state index in [1.54, 1.807) is 11.0 Å². The molecule has 1 atom stereocenters. The third-order valence-corrected chi connectivity index (χ3v) is 4.39. The molecule has 0 bridgehead atoms. The fraction of sp³-hybridized carbons (Fsp3) is 0.188. The lowest BCUT2D eigenvalue weighted by atomic mass is 9.91. The van der Waals surface area contributed by atoms with Crippen LogP contribution in [0, 0.1) is 10.1 Å². The molecule has 110 valence electrons. The standard InChI is InChI=1S/C16H13N3O3/c20-15-13-7-6-12(19(21)22)10-14(13)16(17-8-9-18(15)16)11-4-2-1-3-5-11/h1-7,10,17H,8-9H2. The number of hydrogen-bond acceptors (Lipinski definition) is 4. The van der Waals surface area contributed by atoms with Gasteiger partial charge in [0.2, 0.25) is 0 Å². The topological polar surface area (TPSA) is 75.5 Å². The van der Waals surface area contributed by atoms with Gasteiger partial charge in [0.25, 0.3) is 11.6 Å². The minimum atomic E-state index is -0.792. The first-order valence-corrected chi connectivity index (χ1v) is 7.06. The van der Waals surface area contributed by atoms with Crippen molar-refractivity contribution in [1.82, 2.24) is 10.2 Å². The van der Waals surface area contributed by atoms with Crippen molar-refractivity contribution in [3.05, 3.63) is 75.3 Å². The lowest BCUT2D eigenvalue weighted by molar-refractivity contribution is -0.385. The number of nitrogens with zero attached hydrogens (tertiary/aromatic N) is 2. The number of non-ortho nitro benzene ring substituents is 1. The number of fused-ring (bicyclic) bond motifs is 3. The summed E-state index contributed by atoms with van der Waals surface area (Å²) >= 11 is 0. The summed E-state index contributed by atoms with van der Waals surface area (Å²) < 4.78 is 0. The van der Waals surface area contributed by atoms with Crippen LogP contribution >= 0.6 is 0 Å². The van der Waals surface area contributed by atoms with E-state index in [2.05, 4.69) is 5.32 Å². The molecular weight excluding hydrogens is 282 g/mol. The van der Waals surface area contributed by atoms with Crippen LogP contribution in [0.25, 0.3) is 0 Å². The third-order valence-electron chi connectivity index (χ3n) is 4.39. The molecule has 1 N–H and O–H groups in total. The summed E-state index contributed by atoms with van der Waals surface area (Å²) in [5.74, 6) is -0.0845. The van der Waals surface area contributed by atoms with E-state index in [9.17, 15) is 14.9 Å². The summed E-state index contributed by atoms with van der Waals surface area (Å²) in [6.07, 6.45) is 0. The molecule has 0 saturated carbocycles. The molecule has 2 aliphatic rings. The summed E-state index contributed by atoms with van der Waals surface area (Å²) in [6, 6.07) is 14.0. The molecule has 2 aliphatic heterocycles. The molecular formula is C16H13N3O3. The van der Waals surface area contributed by atoms with Crippen LogP contribution in [0.4, 0.5) is 5.69 Å². The molecule has 22 heavy (non-hydrogen) atoms. The van der Waals surface area contributed by atoms with E-state index in [0.717, 1.165) is 5.56 Å². The highest BCUT2D eigenvalue weighted by atomic mass is 16.6. The van der Waals surface area contributed by atoms with Gasteiger partial charge < -0.3 is 4.90 Å². The van der Waals surface area contributed by atoms with Gasteiger partial charge in [-0.25, -0.2) is 0 Å². The summed E-state index contributed by atoms with van der Waals surface area (Å²) in [6.45, 7) is 1.24. The van der Waals surface area contributed by atoms with Crippen LogP contribution in [0.2, 0.25) is 0 Å². The van der Waals surface area contributed by atoms with Gasteiger partial charge in [-0.1, -0.05) is 30.3 Å². The minimum absolute atomic E-state index is 0.00240. The Balaban J connectivity index is 2.00. The third kappa shape index (κ3) is 1.50. The molecule has 1 fully saturated rings. The van der Waals surface area contributed by atoms with Gasteiger partial charge >= 0.3 is 0 Å². The number of carbonyl (C=O) groups excluding carboxylic acids is 1. The van der Waals surface area contributed by atoms with Crippen LogP contribution in [0.5, 0.6) is 0 Å². The second-order valence-electron chi connectivity index (χ2n) is 5.45. The Morgan fingerprint density at radius 3 is 2.68 bits per heavy atom. The van der Waals surface area contributed by atoms with E-state index < -0.39 is 10.6 Å². The van der Waals surface area contributed by atoms with E-state index >= 15 is 0 Å². The SMILES string of the molecule is O=C1c2ccc([N+](=O)[O-])cc2C2(c3ccccc3)NCCN12. The first-order chi connectivity index (χ1) is 10.6. The smallest absolute Gasteiger partial charge is 0.269 e. The normalized spacial score (nSPS) is 22.5. The van der Waals surface area contributed by atoms with Gasteiger partial charge in [0.1, 0.15) is 5.66 Å². The molecule has 2 heterocycles. The fourth-order valence-electron chi connectivity index (χ4n) is 3.48. The highest BCUT2D eigenvalue weighted by molar-refractivity contribution is 6.01. The Kier molecular flexibility index (Phi) is 2.58. The molecule has 1 unspecified atom stereocenters. The van der Waals surface area contributed by atoms with Crippen molar-refractivity contribution in [3.63, 3.8) is 0 Å². The summed E-state index contributed by atoms with van der Waals surface area (Å²) in [7, 11) is 0. The number of nitro groups is 1. The molecule has 2 aromatic rings. The quantitative estimate of drug-likeness (QED) is 0.677. The number of benzene rings is 2. The van der Waals surface area contributed by atoms with Crippen LogP contribution in [0.1, 0.15) is 21.5 Å². The van der Waals surface area contributed by atoms with E-state index in [0.29, 0.717) is 24.2 Å². The number of carbonyl (C=O) groups is 1. The van der Waals surface area contributed by atoms with Gasteiger partial charge in [-0.3, -0.25) is 20.2 Å². The number of amides is 1. The largest absolute Gasteiger partial charge is 0.311 e. The molecule has 0 aromatic heterocycles. The van der Waals surface area contributed by atoms with Crippen molar-refractivity contribution in [2.75, 3.05) is 13.1 Å². The van der Waals surface area contributed by atoms with Gasteiger partial charge in [-0.2, -0.15) is 0 Å². The molecule has 0 radical (unpaired) electrons. The van der Waals surface area contributed by atoms with Crippen molar-refractivity contribution >= 4 is 11.6 Å². The van der Waals surface area contributed by atoms with Crippen molar-refractivity contribution in [1.29, 1.82) is 0 Å². The summed E-state index contributed by atoms with van der Waals surface area (Å²) in [5.41, 5.74) is 1.31. The maximum atomic E-state index is 12.7. The summed E-state index contributed by atoms with van der Waals surface area (Å²) in [5, 5.41) is 14.5. The second-order valence-corrected chi connectivity index (χ2v) is 5.45. The van der Waals surface area contributed by atoms with Crippen molar-refractivity contribution in [2.24, 2.45) is 0 Å². The zero-order valence-corrected chi connectivity index (χ0v) is 11.7. The molecule has 1 amide bonds. The second kappa shape index (κ2) is 4.38. The Labute approximate surface area is 126 Å². The molecule has 6 nitrogen and oxygen atoms in total. The van der Waals surface area contributed by atoms with E-state index in [4.69, 9.17) is 0 Å².